The molecule has 1 aliphatic heterocycles. The average Bonchev–Trinajstić information content (AvgIpc) is 4.06. The number of hydrogen-bond acceptors (Lipinski definition) is 0. The zero-order chi connectivity index (χ0) is 54.9. The van der Waals surface area contributed by atoms with Crippen molar-refractivity contribution in [2.45, 2.75) is 184 Å². The summed E-state index contributed by atoms with van der Waals surface area (Å²) in [5.41, 5.74) is 20.6. The first-order valence-corrected chi connectivity index (χ1v) is 34.2. The zero-order valence-corrected chi connectivity index (χ0v) is 53.8. The van der Waals surface area contributed by atoms with Gasteiger partial charge in [0.1, 0.15) is 0 Å². The van der Waals surface area contributed by atoms with Crippen LogP contribution in [0.3, 0.4) is 0 Å². The van der Waals surface area contributed by atoms with Crippen LogP contribution in [-0.2, 0) is 66.2 Å². The van der Waals surface area contributed by atoms with Crippen LogP contribution >= 0.6 is 17.0 Å². The second kappa shape index (κ2) is 23.1. The van der Waals surface area contributed by atoms with E-state index in [1.165, 1.54) is 110 Å². The van der Waals surface area contributed by atoms with Gasteiger partial charge in [0.25, 0.3) is 0 Å². The Morgan fingerprint density at radius 3 is 1.16 bits per heavy atom. The molecule has 0 saturated heterocycles. The molecule has 1 heterocycles. The molecule has 8 aromatic rings. The largest absolute Gasteiger partial charge is 0.184 e. The number of hydrogen-bond donors (Lipinski definition) is 0. The standard InChI is InChI=1S/2C29H39.C12H7Si.2ClH.Zr/c2*1-11-19-12-13-20-14-24(29(8,9)10)18-25(20)26(19)21-15-22(27(2,3)4)17-23(16-21)28(5,6)7;1-3-7-11-9(5-1)10-6-2-4-8-12(10)13-11;;;/h2*12-18H,11H2,1-10H3;1-7H;2*1H;/q3*-1;;;+2/p-2. The Balaban J connectivity index is 0.000000186. The Morgan fingerprint density at radius 1 is 0.446 bits per heavy atom. The van der Waals surface area contributed by atoms with E-state index in [1.807, 2.05) is 6.07 Å². The maximum atomic E-state index is 4.93. The van der Waals surface area contributed by atoms with E-state index in [0.29, 0.717) is 0 Å². The third-order valence-electron chi connectivity index (χ3n) is 14.7. The molecule has 390 valence electrons. The third-order valence-corrected chi connectivity index (χ3v) is 16.1. The number of fused-ring (bicyclic) bond motifs is 5. The van der Waals surface area contributed by atoms with Gasteiger partial charge >= 0.3 is 37.9 Å². The maximum absolute atomic E-state index is 4.93. The number of benzene rings is 6. The summed E-state index contributed by atoms with van der Waals surface area (Å²) >= 11 is -0.826. The third kappa shape index (κ3) is 14.0. The van der Waals surface area contributed by atoms with Gasteiger partial charge in [-0.25, -0.2) is 0 Å². The van der Waals surface area contributed by atoms with Crippen molar-refractivity contribution in [2.75, 3.05) is 0 Å². The van der Waals surface area contributed by atoms with Gasteiger partial charge in [0.2, 0.25) is 0 Å². The van der Waals surface area contributed by atoms with Gasteiger partial charge in [0, 0.05) is 0 Å². The first-order valence-electron chi connectivity index (χ1n) is 26.9. The van der Waals surface area contributed by atoms with Crippen LogP contribution in [0.15, 0.2) is 127 Å². The van der Waals surface area contributed by atoms with Crippen LogP contribution < -0.4 is 10.4 Å². The molecule has 2 radical (unpaired) electrons. The normalized spacial score (nSPS) is 12.8. The summed E-state index contributed by atoms with van der Waals surface area (Å²) in [5.74, 6) is 0. The first-order chi connectivity index (χ1) is 34.3. The maximum Gasteiger partial charge on any atom is 0.0920 e. The topological polar surface area (TPSA) is 0 Å². The van der Waals surface area contributed by atoms with Crippen molar-refractivity contribution in [3.05, 3.63) is 178 Å². The average molecular weight is 1120 g/mol. The van der Waals surface area contributed by atoms with E-state index in [2.05, 4.69) is 266 Å². The van der Waals surface area contributed by atoms with Gasteiger partial charge in [-0.3, -0.25) is 0 Å². The summed E-state index contributed by atoms with van der Waals surface area (Å²) in [7, 11) is 10.7. The van der Waals surface area contributed by atoms with Crippen LogP contribution in [0.25, 0.3) is 54.9 Å². The van der Waals surface area contributed by atoms with E-state index >= 15 is 0 Å². The van der Waals surface area contributed by atoms with Crippen molar-refractivity contribution in [2.24, 2.45) is 0 Å². The summed E-state index contributed by atoms with van der Waals surface area (Å²) in [4.78, 5) is 0. The van der Waals surface area contributed by atoms with Crippen molar-refractivity contribution in [3.8, 4) is 33.4 Å². The predicted octanol–water partition coefficient (Wildman–Crippen LogP) is 19.9. The minimum Gasteiger partial charge on any atom is -0.184 e. The Bertz CT molecular complexity index is 2920. The van der Waals surface area contributed by atoms with E-state index in [-0.39, 0.29) is 32.5 Å². The molecule has 1 aliphatic rings. The molecule has 0 spiro atoms. The molecule has 74 heavy (non-hydrogen) atoms. The Kier molecular flexibility index (Phi) is 18.5. The fraction of sp³-hybridized carbons (Fsp3) is 0.400. The van der Waals surface area contributed by atoms with Crippen molar-refractivity contribution >= 4 is 58.5 Å². The number of rotatable bonds is 4. The second-order valence-corrected chi connectivity index (χ2v) is 31.7. The molecule has 0 unspecified atom stereocenters. The number of aryl methyl sites for hydroxylation is 2. The van der Waals surface area contributed by atoms with E-state index in [4.69, 9.17) is 17.0 Å². The molecule has 0 fully saturated rings. The smallest absolute Gasteiger partial charge is 0.0920 e. The van der Waals surface area contributed by atoms with Crippen molar-refractivity contribution in [1.29, 1.82) is 0 Å². The van der Waals surface area contributed by atoms with E-state index in [0.717, 1.165) is 22.4 Å². The molecule has 0 N–H and O–H groups in total. The molecule has 9 rings (SSSR count). The molecule has 0 nitrogen and oxygen atoms in total. The fourth-order valence-electron chi connectivity index (χ4n) is 9.79. The summed E-state index contributed by atoms with van der Waals surface area (Å²) in [6.07, 6.45) is 2.10. The molecule has 0 aromatic heterocycles. The van der Waals surface area contributed by atoms with Gasteiger partial charge in [-0.15, -0.1) is 74.6 Å². The second-order valence-electron chi connectivity index (χ2n) is 26.7. The van der Waals surface area contributed by atoms with E-state index in [1.54, 1.807) is 0 Å². The summed E-state index contributed by atoms with van der Waals surface area (Å²) in [6, 6.07) is 51.7. The molecular weight excluding hydrogens is 1030 g/mol. The monoisotopic (exact) mass is 1110 g/mol. The van der Waals surface area contributed by atoms with Gasteiger partial charge in [0.15, 0.2) is 0 Å². The van der Waals surface area contributed by atoms with Crippen LogP contribution in [0.4, 0.5) is 0 Å². The zero-order valence-electron chi connectivity index (χ0n) is 48.8. The SMILES string of the molecule is CCc1ccc2[cH-]c(C(C)(C)C)cc2c1-c1cc(C(C)(C)C)cc(C(C)(C)C)c1.CCc1ccc2[cH-]c(C(C)(C)C)cc2c1-c1cc(C(C)(C)C)cc(C(C)(C)C)c1.[Cl][Zr][Cl].[c-]1cccc2c1[Si]c1ccccc1-2. The summed E-state index contributed by atoms with van der Waals surface area (Å²) in [6.45, 7) is 46.2. The molecule has 0 atom stereocenters. The van der Waals surface area contributed by atoms with Crippen LogP contribution in [0, 0.1) is 6.07 Å². The molecule has 0 amide bonds. The summed E-state index contributed by atoms with van der Waals surface area (Å²) in [5, 5.41) is 8.35. The predicted molar refractivity (Wildman–Crippen MR) is 328 cm³/mol. The van der Waals surface area contributed by atoms with Gasteiger partial charge in [-0.2, -0.15) is 41.6 Å². The van der Waals surface area contributed by atoms with E-state index < -0.39 is 20.8 Å². The fourth-order valence-corrected chi connectivity index (χ4v) is 11.1. The molecule has 8 aromatic carbocycles. The van der Waals surface area contributed by atoms with Crippen molar-refractivity contribution in [3.63, 3.8) is 0 Å². The quantitative estimate of drug-likeness (QED) is 0.122. The minimum absolute atomic E-state index is 0.124. The van der Waals surface area contributed by atoms with Crippen LogP contribution in [-0.4, -0.2) is 9.52 Å². The summed E-state index contributed by atoms with van der Waals surface area (Å²) < 4.78 is 0. The molecule has 4 heteroatoms. The van der Waals surface area contributed by atoms with Crippen LogP contribution in [0.5, 0.6) is 0 Å². The Hall–Kier alpha value is -3.78. The molecular formula is C70H85Cl2SiZr-3. The van der Waals surface area contributed by atoms with Gasteiger partial charge in [-0.1, -0.05) is 232 Å². The van der Waals surface area contributed by atoms with E-state index in [9.17, 15) is 0 Å². The van der Waals surface area contributed by atoms with Crippen LogP contribution in [0.1, 0.15) is 183 Å². The van der Waals surface area contributed by atoms with Gasteiger partial charge < -0.3 is 0 Å². The van der Waals surface area contributed by atoms with Crippen molar-refractivity contribution in [1.82, 2.24) is 0 Å². The molecule has 0 bridgehead atoms. The number of halogens is 2. The first kappa shape index (κ1) is 59.5. The van der Waals surface area contributed by atoms with Gasteiger partial charge in [0.05, 0.1) is 9.52 Å². The van der Waals surface area contributed by atoms with Crippen molar-refractivity contribution < 1.29 is 20.8 Å². The minimum atomic E-state index is -0.826. The Labute approximate surface area is 470 Å². The van der Waals surface area contributed by atoms with Crippen LogP contribution in [0.2, 0.25) is 0 Å². The molecule has 0 saturated carbocycles. The molecule has 0 aliphatic carbocycles. The Morgan fingerprint density at radius 2 is 0.811 bits per heavy atom. The van der Waals surface area contributed by atoms with Gasteiger partial charge in [-0.05, 0) is 78.7 Å².